The number of phenolic OH excluding ortho intramolecular Hbond substituents is 1. The Balaban J connectivity index is 1.40. The maximum Gasteiger partial charge on any atom is 0.264 e. The number of fused-ring (bicyclic) bond motifs is 10. The van der Waals surface area contributed by atoms with E-state index in [1.165, 1.54) is 0 Å². The average Bonchev–Trinajstić information content (AvgIpc) is 3.61. The molecule has 0 saturated carbocycles. The first-order valence-corrected chi connectivity index (χ1v) is 14.1. The van der Waals surface area contributed by atoms with Gasteiger partial charge in [0.2, 0.25) is 0 Å². The second kappa shape index (κ2) is 6.73. The van der Waals surface area contributed by atoms with Crippen molar-refractivity contribution in [2.75, 3.05) is 0 Å². The van der Waals surface area contributed by atoms with Gasteiger partial charge in [-0.25, -0.2) is 0 Å². The summed E-state index contributed by atoms with van der Waals surface area (Å²) in [5, 5.41) is 26.0. The number of pyridine rings is 1. The van der Waals surface area contributed by atoms with Crippen LogP contribution in [0.1, 0.15) is 0 Å². The molecule has 42 heavy (non-hydrogen) atoms. The lowest BCUT2D eigenvalue weighted by atomic mass is 9.85. The topological polar surface area (TPSA) is 73.3 Å². The Morgan fingerprint density at radius 2 is 1.02 bits per heavy atom. The summed E-state index contributed by atoms with van der Waals surface area (Å²) in [4.78, 5) is 21.1. The molecule has 8 aromatic carbocycles. The van der Waals surface area contributed by atoms with Crippen LogP contribution in [0.3, 0.4) is 0 Å². The quantitative estimate of drug-likeness (QED) is 0.133. The number of H-pyrrole nitrogens is 2. The van der Waals surface area contributed by atoms with E-state index in [9.17, 15) is 9.90 Å². The van der Waals surface area contributed by atoms with E-state index in [0.717, 1.165) is 103 Å². The molecule has 194 valence electrons. The monoisotopic (exact) mass is 537 g/mol. The minimum Gasteiger partial charge on any atom is -0.507 e. The number of nitrogens with zero attached hydrogens (tertiary/aromatic N) is 1. The van der Waals surface area contributed by atoms with Crippen molar-refractivity contribution in [3.8, 4) is 5.75 Å². The fraction of sp³-hybridized carbons (Fsp3) is 0. The number of aromatic amines is 2. The molecule has 3 heterocycles. The van der Waals surface area contributed by atoms with E-state index in [-0.39, 0.29) is 5.56 Å². The molecule has 0 aliphatic rings. The molecule has 11 aromatic rings. The van der Waals surface area contributed by atoms with Crippen LogP contribution in [-0.4, -0.2) is 19.5 Å². The van der Waals surface area contributed by atoms with Gasteiger partial charge in [-0.05, 0) is 62.6 Å². The van der Waals surface area contributed by atoms with Crippen molar-refractivity contribution in [3.05, 3.63) is 107 Å². The number of para-hydroxylation sites is 3. The lowest BCUT2D eigenvalue weighted by Gasteiger charge is -2.19. The summed E-state index contributed by atoms with van der Waals surface area (Å²) in [6, 6.07) is 33.1. The van der Waals surface area contributed by atoms with Gasteiger partial charge < -0.3 is 15.1 Å². The maximum atomic E-state index is 14.0. The van der Waals surface area contributed by atoms with Crippen LogP contribution in [0.25, 0.3) is 103 Å². The van der Waals surface area contributed by atoms with Gasteiger partial charge in [0.25, 0.3) is 5.56 Å². The minimum absolute atomic E-state index is 0.0134. The van der Waals surface area contributed by atoms with Gasteiger partial charge in [0.05, 0.1) is 21.9 Å². The molecule has 0 bridgehead atoms. The van der Waals surface area contributed by atoms with Crippen LogP contribution in [0.2, 0.25) is 0 Å². The molecule has 0 aliphatic heterocycles. The molecule has 5 nitrogen and oxygen atoms in total. The predicted octanol–water partition coefficient (Wildman–Crippen LogP) is 8.92. The van der Waals surface area contributed by atoms with E-state index in [1.54, 1.807) is 0 Å². The van der Waals surface area contributed by atoms with Crippen molar-refractivity contribution in [1.82, 2.24) is 14.4 Å². The Labute approximate surface area is 235 Å². The Morgan fingerprint density at radius 3 is 1.79 bits per heavy atom. The van der Waals surface area contributed by atoms with Crippen LogP contribution < -0.4 is 5.56 Å². The van der Waals surface area contributed by atoms with Crippen LogP contribution in [0, 0.1) is 0 Å². The van der Waals surface area contributed by atoms with E-state index < -0.39 is 0 Å². The predicted molar refractivity (Wildman–Crippen MR) is 174 cm³/mol. The van der Waals surface area contributed by atoms with Crippen molar-refractivity contribution in [3.63, 3.8) is 0 Å². The number of aromatic nitrogens is 3. The van der Waals surface area contributed by atoms with Gasteiger partial charge in [-0.1, -0.05) is 66.7 Å². The minimum atomic E-state index is -0.0134. The molecule has 5 heteroatoms. The Morgan fingerprint density at radius 1 is 0.476 bits per heavy atom. The molecule has 3 N–H and O–H groups in total. The first kappa shape index (κ1) is 21.0. The van der Waals surface area contributed by atoms with E-state index in [0.29, 0.717) is 5.75 Å². The van der Waals surface area contributed by atoms with Crippen LogP contribution in [0.15, 0.2) is 102 Å². The zero-order chi connectivity index (χ0) is 27.4. The molecular formula is C37H19N3O2. The maximum absolute atomic E-state index is 14.0. The SMILES string of the molecule is O=c1c2ccc3c4ccc5c6[nH]c7ccccc7c6c(O)c6ccc(c7ccc(c2c37)c2[nH]c3ccccc3n12)c4c65. The summed E-state index contributed by atoms with van der Waals surface area (Å²) in [6.07, 6.45) is 0. The zero-order valence-electron chi connectivity index (χ0n) is 22.0. The van der Waals surface area contributed by atoms with E-state index in [2.05, 4.69) is 64.6 Å². The fourth-order valence-electron chi connectivity index (χ4n) is 7.99. The highest BCUT2D eigenvalue weighted by atomic mass is 16.3. The molecule has 3 aromatic heterocycles. The standard InChI is InChI=1S/C37H19N3O2/c41-35-23-14-10-18-19-11-15-24-32-25(37(42)40-28-8-4-3-7-27(28)39-36(24)40)16-12-20(30(19)32)17-9-13-22(31(23)29(17)18)34-33(35)21-5-1-2-6-26(21)38-34/h1-16,38-39,41H. The Bertz CT molecular complexity index is 3030. The molecule has 0 atom stereocenters. The summed E-state index contributed by atoms with van der Waals surface area (Å²) in [7, 11) is 0. The highest BCUT2D eigenvalue weighted by Gasteiger charge is 2.23. The van der Waals surface area contributed by atoms with Gasteiger partial charge in [0.1, 0.15) is 11.4 Å². The Kier molecular flexibility index (Phi) is 3.37. The normalized spacial score (nSPS) is 13.0. The summed E-state index contributed by atoms with van der Waals surface area (Å²) in [6.45, 7) is 0. The highest BCUT2D eigenvalue weighted by Crippen LogP contribution is 2.50. The third-order valence-electron chi connectivity index (χ3n) is 9.68. The van der Waals surface area contributed by atoms with Crippen molar-refractivity contribution in [1.29, 1.82) is 0 Å². The molecule has 11 rings (SSSR count). The third kappa shape index (κ3) is 2.16. The summed E-state index contributed by atoms with van der Waals surface area (Å²) < 4.78 is 1.81. The zero-order valence-corrected chi connectivity index (χ0v) is 22.0. The summed E-state index contributed by atoms with van der Waals surface area (Å²) >= 11 is 0. The van der Waals surface area contributed by atoms with Crippen LogP contribution in [0.5, 0.6) is 5.75 Å². The smallest absolute Gasteiger partial charge is 0.264 e. The van der Waals surface area contributed by atoms with Crippen molar-refractivity contribution >= 4 is 103 Å². The molecule has 0 amide bonds. The lowest BCUT2D eigenvalue weighted by Crippen LogP contribution is -2.13. The van der Waals surface area contributed by atoms with Gasteiger partial charge in [-0.2, -0.15) is 0 Å². The molecule has 0 fully saturated rings. The summed E-state index contributed by atoms with van der Waals surface area (Å²) in [5.41, 5.74) is 4.59. The first-order chi connectivity index (χ1) is 20.7. The lowest BCUT2D eigenvalue weighted by molar-refractivity contribution is 0.488. The largest absolute Gasteiger partial charge is 0.507 e. The third-order valence-corrected chi connectivity index (χ3v) is 9.68. The number of imidazole rings is 1. The molecular weight excluding hydrogens is 518 g/mol. The van der Waals surface area contributed by atoms with E-state index in [1.807, 2.05) is 46.9 Å². The second-order valence-electron chi connectivity index (χ2n) is 11.5. The van der Waals surface area contributed by atoms with Gasteiger partial charge in [0, 0.05) is 43.2 Å². The number of benzene rings is 8. The fourth-order valence-corrected chi connectivity index (χ4v) is 7.99. The van der Waals surface area contributed by atoms with Gasteiger partial charge in [-0.3, -0.25) is 9.20 Å². The van der Waals surface area contributed by atoms with E-state index in [4.69, 9.17) is 0 Å². The van der Waals surface area contributed by atoms with Crippen molar-refractivity contribution in [2.45, 2.75) is 0 Å². The van der Waals surface area contributed by atoms with Crippen LogP contribution in [-0.2, 0) is 0 Å². The van der Waals surface area contributed by atoms with Crippen LogP contribution >= 0.6 is 0 Å². The highest BCUT2D eigenvalue weighted by molar-refractivity contribution is 6.42. The van der Waals surface area contributed by atoms with Crippen LogP contribution in [0.4, 0.5) is 0 Å². The Hall–Kier alpha value is -5.81. The van der Waals surface area contributed by atoms with E-state index >= 15 is 0 Å². The van der Waals surface area contributed by atoms with Crippen molar-refractivity contribution in [2.24, 2.45) is 0 Å². The first-order valence-electron chi connectivity index (χ1n) is 14.1. The number of nitrogens with one attached hydrogen (secondary N) is 2. The second-order valence-corrected chi connectivity index (χ2v) is 11.5. The van der Waals surface area contributed by atoms with Gasteiger partial charge >= 0.3 is 0 Å². The molecule has 0 spiro atoms. The number of rotatable bonds is 0. The van der Waals surface area contributed by atoms with Gasteiger partial charge in [-0.15, -0.1) is 0 Å². The average molecular weight is 538 g/mol. The molecule has 0 radical (unpaired) electrons. The number of aromatic hydroxyl groups is 1. The number of hydrogen-bond acceptors (Lipinski definition) is 2. The molecule has 0 unspecified atom stereocenters. The number of phenols is 1. The molecule has 0 aliphatic carbocycles. The molecule has 0 saturated heterocycles. The number of hydrogen-bond donors (Lipinski definition) is 3. The summed E-state index contributed by atoms with van der Waals surface area (Å²) in [5.74, 6) is 0.309. The van der Waals surface area contributed by atoms with Crippen molar-refractivity contribution < 1.29 is 5.11 Å². The van der Waals surface area contributed by atoms with Gasteiger partial charge in [0.15, 0.2) is 0 Å².